The summed E-state index contributed by atoms with van der Waals surface area (Å²) < 4.78 is 0. The highest BCUT2D eigenvalue weighted by molar-refractivity contribution is 14.0. The van der Waals surface area contributed by atoms with Crippen LogP contribution >= 0.6 is 24.0 Å². The molecule has 0 atom stereocenters. The Morgan fingerprint density at radius 3 is 2.42 bits per heavy atom. The molecule has 3 N–H and O–H groups in total. The number of non-ortho nitro benzene ring substituents is 1. The van der Waals surface area contributed by atoms with Crippen LogP contribution in [0.3, 0.4) is 0 Å². The summed E-state index contributed by atoms with van der Waals surface area (Å²) in [4.78, 5) is 14.0. The fraction of sp³-hybridized carbons (Fsp3) is 0.364. The van der Waals surface area contributed by atoms with Crippen LogP contribution in [0.2, 0.25) is 0 Å². The van der Waals surface area contributed by atoms with Crippen LogP contribution in [0.15, 0.2) is 29.3 Å². The van der Waals surface area contributed by atoms with Gasteiger partial charge in [0.25, 0.3) is 5.69 Å². The smallest absolute Gasteiger partial charge is 0.269 e. The highest BCUT2D eigenvalue weighted by Crippen LogP contribution is 2.14. The van der Waals surface area contributed by atoms with E-state index >= 15 is 0 Å². The summed E-state index contributed by atoms with van der Waals surface area (Å²) >= 11 is 0. The Hall–Kier alpha value is -1.58. The molecule has 0 amide bonds. The van der Waals surface area contributed by atoms with E-state index in [1.165, 1.54) is 12.1 Å². The molecule has 7 nitrogen and oxygen atoms in total. The fourth-order valence-corrected chi connectivity index (χ4v) is 1.37. The van der Waals surface area contributed by atoms with Gasteiger partial charge < -0.3 is 16.0 Å². The van der Waals surface area contributed by atoms with Gasteiger partial charge in [-0.05, 0) is 12.1 Å². The van der Waals surface area contributed by atoms with Gasteiger partial charge in [0.15, 0.2) is 5.96 Å². The lowest BCUT2D eigenvalue weighted by Crippen LogP contribution is -2.37. The van der Waals surface area contributed by atoms with Crippen LogP contribution in [0.1, 0.15) is 0 Å². The lowest BCUT2D eigenvalue weighted by atomic mass is 10.3. The Morgan fingerprint density at radius 1 is 1.32 bits per heavy atom. The number of anilines is 1. The number of guanidine groups is 1. The number of halogens is 1. The van der Waals surface area contributed by atoms with Gasteiger partial charge in [-0.1, -0.05) is 0 Å². The van der Waals surface area contributed by atoms with Crippen LogP contribution in [0.5, 0.6) is 0 Å². The quantitative estimate of drug-likeness (QED) is 0.180. The van der Waals surface area contributed by atoms with E-state index in [0.29, 0.717) is 13.1 Å². The highest BCUT2D eigenvalue weighted by Gasteiger charge is 2.03. The predicted molar refractivity (Wildman–Crippen MR) is 87.4 cm³/mol. The molecule has 0 fully saturated rings. The van der Waals surface area contributed by atoms with Crippen molar-refractivity contribution >= 4 is 41.3 Å². The monoisotopic (exact) mass is 379 g/mol. The van der Waals surface area contributed by atoms with Crippen LogP contribution in [-0.2, 0) is 0 Å². The summed E-state index contributed by atoms with van der Waals surface area (Å²) in [5.41, 5.74) is 0.941. The van der Waals surface area contributed by atoms with Crippen molar-refractivity contribution in [3.8, 4) is 0 Å². The van der Waals surface area contributed by atoms with E-state index in [1.54, 1.807) is 26.2 Å². The summed E-state index contributed by atoms with van der Waals surface area (Å²) in [7, 11) is 3.49. The van der Waals surface area contributed by atoms with E-state index in [9.17, 15) is 10.1 Å². The topological polar surface area (TPSA) is 91.6 Å². The first-order chi connectivity index (χ1) is 8.67. The van der Waals surface area contributed by atoms with Crippen LogP contribution in [0, 0.1) is 10.1 Å². The van der Waals surface area contributed by atoms with Gasteiger partial charge in [-0.3, -0.25) is 15.1 Å². The molecule has 0 spiro atoms. The van der Waals surface area contributed by atoms with Crippen LogP contribution in [0.25, 0.3) is 0 Å². The minimum absolute atomic E-state index is 0. The lowest BCUT2D eigenvalue weighted by molar-refractivity contribution is -0.384. The first kappa shape index (κ1) is 17.4. The van der Waals surface area contributed by atoms with E-state index in [-0.39, 0.29) is 29.7 Å². The van der Waals surface area contributed by atoms with Crippen LogP contribution in [0.4, 0.5) is 11.4 Å². The highest BCUT2D eigenvalue weighted by atomic mass is 127. The van der Waals surface area contributed by atoms with Crippen molar-refractivity contribution in [3.05, 3.63) is 34.4 Å². The molecule has 106 valence electrons. The molecule has 0 unspecified atom stereocenters. The van der Waals surface area contributed by atoms with E-state index in [2.05, 4.69) is 20.9 Å². The average Bonchev–Trinajstić information content (AvgIpc) is 2.39. The second-order valence-electron chi connectivity index (χ2n) is 3.48. The first-order valence-electron chi connectivity index (χ1n) is 5.54. The molecule has 0 radical (unpaired) electrons. The molecule has 0 bridgehead atoms. The first-order valence-corrected chi connectivity index (χ1v) is 5.54. The summed E-state index contributed by atoms with van der Waals surface area (Å²) in [6, 6.07) is 6.32. The zero-order chi connectivity index (χ0) is 13.4. The normalized spacial score (nSPS) is 10.3. The third-order valence-electron chi connectivity index (χ3n) is 2.29. The van der Waals surface area contributed by atoms with E-state index < -0.39 is 4.92 Å². The number of hydrogen-bond donors (Lipinski definition) is 3. The maximum absolute atomic E-state index is 10.5. The lowest BCUT2D eigenvalue weighted by Gasteiger charge is -2.09. The van der Waals surface area contributed by atoms with E-state index in [1.807, 2.05) is 0 Å². The molecule has 1 rings (SSSR count). The van der Waals surface area contributed by atoms with Crippen molar-refractivity contribution in [2.75, 3.05) is 32.5 Å². The molecule has 1 aromatic carbocycles. The van der Waals surface area contributed by atoms with Gasteiger partial charge in [0.2, 0.25) is 0 Å². The second-order valence-corrected chi connectivity index (χ2v) is 3.48. The Labute approximate surface area is 129 Å². The molecule has 0 saturated heterocycles. The van der Waals surface area contributed by atoms with Crippen molar-refractivity contribution in [2.45, 2.75) is 0 Å². The van der Waals surface area contributed by atoms with Crippen molar-refractivity contribution in [2.24, 2.45) is 4.99 Å². The molecular weight excluding hydrogens is 361 g/mol. The van der Waals surface area contributed by atoms with Crippen molar-refractivity contribution < 1.29 is 4.92 Å². The number of rotatable bonds is 5. The Kier molecular flexibility index (Phi) is 8.58. The minimum Gasteiger partial charge on any atom is -0.383 e. The van der Waals surface area contributed by atoms with Gasteiger partial charge >= 0.3 is 0 Å². The number of benzene rings is 1. The summed E-state index contributed by atoms with van der Waals surface area (Å²) in [5.74, 6) is 0.723. The molecule has 0 heterocycles. The van der Waals surface area contributed by atoms with Crippen molar-refractivity contribution in [1.29, 1.82) is 0 Å². The van der Waals surface area contributed by atoms with E-state index in [0.717, 1.165) is 11.6 Å². The third kappa shape index (κ3) is 6.22. The third-order valence-corrected chi connectivity index (χ3v) is 2.29. The predicted octanol–water partition coefficient (Wildman–Crippen LogP) is 1.42. The Morgan fingerprint density at radius 2 is 1.95 bits per heavy atom. The molecular formula is C11H18IN5O2. The number of nitro groups is 1. The minimum atomic E-state index is -0.414. The molecule has 1 aromatic rings. The van der Waals surface area contributed by atoms with Gasteiger partial charge in [0.1, 0.15) is 0 Å². The standard InChI is InChI=1S/C11H17N5O2.HI/c1-12-11(13-2)15-8-7-14-9-3-5-10(6-4-9)16(17)18;/h3-6,14H,7-8H2,1-2H3,(H2,12,13,15);1H. The number of aliphatic imine (C=N–C) groups is 1. The summed E-state index contributed by atoms with van der Waals surface area (Å²) in [6.45, 7) is 1.39. The number of nitrogens with zero attached hydrogens (tertiary/aromatic N) is 2. The summed E-state index contributed by atoms with van der Waals surface area (Å²) in [6.07, 6.45) is 0. The maximum Gasteiger partial charge on any atom is 0.269 e. The van der Waals surface area contributed by atoms with Crippen molar-refractivity contribution in [1.82, 2.24) is 10.6 Å². The molecule has 0 saturated carbocycles. The second kappa shape index (κ2) is 9.36. The van der Waals surface area contributed by atoms with Gasteiger partial charge in [0, 0.05) is 45.0 Å². The Bertz CT molecular complexity index is 422. The molecule has 0 aliphatic rings. The van der Waals surface area contributed by atoms with Gasteiger partial charge in [-0.25, -0.2) is 0 Å². The van der Waals surface area contributed by atoms with Gasteiger partial charge in [-0.2, -0.15) is 0 Å². The molecule has 0 aliphatic heterocycles. The fourth-order valence-electron chi connectivity index (χ4n) is 1.37. The molecule has 0 aliphatic carbocycles. The zero-order valence-corrected chi connectivity index (χ0v) is 13.2. The van der Waals surface area contributed by atoms with E-state index in [4.69, 9.17) is 0 Å². The van der Waals surface area contributed by atoms with Crippen LogP contribution < -0.4 is 16.0 Å². The zero-order valence-electron chi connectivity index (χ0n) is 10.8. The number of nitrogens with one attached hydrogen (secondary N) is 3. The molecule has 8 heteroatoms. The number of hydrogen-bond acceptors (Lipinski definition) is 4. The van der Waals surface area contributed by atoms with Crippen LogP contribution in [-0.4, -0.2) is 38.1 Å². The van der Waals surface area contributed by atoms with Crippen molar-refractivity contribution in [3.63, 3.8) is 0 Å². The molecule has 0 aromatic heterocycles. The summed E-state index contributed by atoms with van der Waals surface area (Å²) in [5, 5.41) is 19.6. The number of nitro benzene ring substituents is 1. The van der Waals surface area contributed by atoms with Gasteiger partial charge in [-0.15, -0.1) is 24.0 Å². The SMILES string of the molecule is CN=C(NC)NCCNc1ccc([N+](=O)[O-])cc1.I. The largest absolute Gasteiger partial charge is 0.383 e. The average molecular weight is 379 g/mol. The Balaban J connectivity index is 0.00000324. The molecule has 19 heavy (non-hydrogen) atoms. The maximum atomic E-state index is 10.5. The van der Waals surface area contributed by atoms with Gasteiger partial charge in [0.05, 0.1) is 4.92 Å².